The molecule has 0 saturated heterocycles. The first-order valence-corrected chi connectivity index (χ1v) is 10.1. The molecule has 0 aromatic heterocycles. The van der Waals surface area contributed by atoms with Crippen LogP contribution in [0.15, 0.2) is 72.8 Å². The van der Waals surface area contributed by atoms with E-state index in [0.29, 0.717) is 30.0 Å². The molecule has 0 unspecified atom stereocenters. The zero-order chi connectivity index (χ0) is 21.5. The van der Waals surface area contributed by atoms with Gasteiger partial charge >= 0.3 is 5.97 Å². The Bertz CT molecular complexity index is 1060. The summed E-state index contributed by atoms with van der Waals surface area (Å²) < 4.78 is 15.8. The van der Waals surface area contributed by atoms with Gasteiger partial charge < -0.3 is 19.5 Å². The predicted molar refractivity (Wildman–Crippen MR) is 115 cm³/mol. The van der Waals surface area contributed by atoms with Crippen LogP contribution in [0.3, 0.4) is 0 Å². The van der Waals surface area contributed by atoms with Crippen LogP contribution in [0, 0.1) is 0 Å². The van der Waals surface area contributed by atoms with Gasteiger partial charge in [0, 0.05) is 6.54 Å². The van der Waals surface area contributed by atoms with Crippen molar-refractivity contribution in [2.75, 3.05) is 13.4 Å². The second-order valence-electron chi connectivity index (χ2n) is 7.18. The lowest BCUT2D eigenvalue weighted by molar-refractivity contribution is -0.124. The molecule has 0 bridgehead atoms. The van der Waals surface area contributed by atoms with Crippen LogP contribution in [0.25, 0.3) is 0 Å². The SMILES string of the molecule is O=C(COC(=O)c1ccccc1CCc1ccccc1)NCc1ccc2c(c1)OCO2. The van der Waals surface area contributed by atoms with Crippen molar-refractivity contribution in [2.24, 2.45) is 0 Å². The summed E-state index contributed by atoms with van der Waals surface area (Å²) in [7, 11) is 0. The molecule has 1 amide bonds. The van der Waals surface area contributed by atoms with Crippen molar-refractivity contribution in [2.45, 2.75) is 19.4 Å². The molecule has 31 heavy (non-hydrogen) atoms. The van der Waals surface area contributed by atoms with E-state index in [4.69, 9.17) is 14.2 Å². The number of esters is 1. The number of rotatable bonds is 8. The highest BCUT2D eigenvalue weighted by atomic mass is 16.7. The number of aryl methyl sites for hydroxylation is 2. The maximum Gasteiger partial charge on any atom is 0.338 e. The maximum atomic E-state index is 12.6. The fraction of sp³-hybridized carbons (Fsp3) is 0.200. The quantitative estimate of drug-likeness (QED) is 0.566. The van der Waals surface area contributed by atoms with Crippen molar-refractivity contribution in [3.05, 3.63) is 95.1 Å². The Hall–Kier alpha value is -3.80. The summed E-state index contributed by atoms with van der Waals surface area (Å²) in [5.74, 6) is 0.481. The van der Waals surface area contributed by atoms with E-state index in [9.17, 15) is 9.59 Å². The fourth-order valence-electron chi connectivity index (χ4n) is 3.37. The number of carbonyl (C=O) groups is 2. The third kappa shape index (κ3) is 5.42. The van der Waals surface area contributed by atoms with E-state index < -0.39 is 5.97 Å². The zero-order valence-corrected chi connectivity index (χ0v) is 17.0. The monoisotopic (exact) mass is 417 g/mol. The second kappa shape index (κ2) is 9.80. The van der Waals surface area contributed by atoms with Gasteiger partial charge in [0.25, 0.3) is 5.91 Å². The summed E-state index contributed by atoms with van der Waals surface area (Å²) in [4.78, 5) is 24.7. The molecule has 1 aliphatic rings. The van der Waals surface area contributed by atoms with E-state index in [0.717, 1.165) is 17.5 Å². The number of fused-ring (bicyclic) bond motifs is 1. The molecule has 1 N–H and O–H groups in total. The van der Waals surface area contributed by atoms with Gasteiger partial charge in [-0.2, -0.15) is 0 Å². The van der Waals surface area contributed by atoms with Gasteiger partial charge in [0.1, 0.15) is 0 Å². The van der Waals surface area contributed by atoms with Crippen molar-refractivity contribution >= 4 is 11.9 Å². The molecule has 4 rings (SSSR count). The van der Waals surface area contributed by atoms with E-state index in [2.05, 4.69) is 17.4 Å². The highest BCUT2D eigenvalue weighted by molar-refractivity contribution is 5.92. The molecule has 158 valence electrons. The lowest BCUT2D eigenvalue weighted by Gasteiger charge is -2.10. The van der Waals surface area contributed by atoms with E-state index in [1.807, 2.05) is 42.5 Å². The zero-order valence-electron chi connectivity index (χ0n) is 17.0. The Morgan fingerprint density at radius 3 is 2.48 bits per heavy atom. The largest absolute Gasteiger partial charge is 0.454 e. The van der Waals surface area contributed by atoms with Crippen LogP contribution >= 0.6 is 0 Å². The summed E-state index contributed by atoms with van der Waals surface area (Å²) in [6, 6.07) is 22.9. The molecule has 0 aliphatic carbocycles. The van der Waals surface area contributed by atoms with Gasteiger partial charge in [0.05, 0.1) is 5.56 Å². The van der Waals surface area contributed by atoms with Crippen LogP contribution in [-0.2, 0) is 28.9 Å². The third-order valence-electron chi connectivity index (χ3n) is 5.02. The van der Waals surface area contributed by atoms with Gasteiger partial charge in [-0.1, -0.05) is 54.6 Å². The normalized spacial score (nSPS) is 11.7. The molecule has 1 heterocycles. The Morgan fingerprint density at radius 2 is 1.61 bits per heavy atom. The first-order chi connectivity index (χ1) is 15.2. The average Bonchev–Trinajstić information content (AvgIpc) is 3.28. The van der Waals surface area contributed by atoms with Crippen molar-refractivity contribution in [1.82, 2.24) is 5.32 Å². The van der Waals surface area contributed by atoms with E-state index in [1.54, 1.807) is 18.2 Å². The number of amides is 1. The Balaban J connectivity index is 1.28. The van der Waals surface area contributed by atoms with Crippen LogP contribution in [0.1, 0.15) is 27.0 Å². The highest BCUT2D eigenvalue weighted by Crippen LogP contribution is 2.32. The molecule has 0 saturated carbocycles. The summed E-state index contributed by atoms with van der Waals surface area (Å²) in [6.07, 6.45) is 1.53. The summed E-state index contributed by atoms with van der Waals surface area (Å²) >= 11 is 0. The van der Waals surface area contributed by atoms with Gasteiger partial charge in [-0.3, -0.25) is 4.79 Å². The van der Waals surface area contributed by atoms with E-state index in [-0.39, 0.29) is 19.3 Å². The molecule has 0 radical (unpaired) electrons. The summed E-state index contributed by atoms with van der Waals surface area (Å²) in [6.45, 7) is 0.172. The number of benzene rings is 3. The summed E-state index contributed by atoms with van der Waals surface area (Å²) in [5, 5.41) is 2.75. The van der Waals surface area contributed by atoms with Crippen LogP contribution in [0.2, 0.25) is 0 Å². The predicted octanol–water partition coefficient (Wildman–Crippen LogP) is 3.67. The Labute approximate surface area is 180 Å². The van der Waals surface area contributed by atoms with Crippen LogP contribution in [-0.4, -0.2) is 25.3 Å². The van der Waals surface area contributed by atoms with Gasteiger partial charge in [-0.05, 0) is 47.7 Å². The first kappa shape index (κ1) is 20.5. The maximum absolute atomic E-state index is 12.6. The number of ether oxygens (including phenoxy) is 3. The minimum atomic E-state index is -0.498. The van der Waals surface area contributed by atoms with Crippen molar-refractivity contribution in [3.8, 4) is 11.5 Å². The molecule has 1 aliphatic heterocycles. The van der Waals surface area contributed by atoms with Crippen molar-refractivity contribution < 1.29 is 23.8 Å². The molecule has 0 fully saturated rings. The highest BCUT2D eigenvalue weighted by Gasteiger charge is 2.15. The molecular weight excluding hydrogens is 394 g/mol. The fourth-order valence-corrected chi connectivity index (χ4v) is 3.37. The first-order valence-electron chi connectivity index (χ1n) is 10.1. The van der Waals surface area contributed by atoms with Gasteiger partial charge in [-0.25, -0.2) is 4.79 Å². The van der Waals surface area contributed by atoms with E-state index in [1.165, 1.54) is 5.56 Å². The number of hydrogen-bond acceptors (Lipinski definition) is 5. The van der Waals surface area contributed by atoms with Crippen LogP contribution in [0.5, 0.6) is 11.5 Å². The van der Waals surface area contributed by atoms with Gasteiger partial charge in [0.15, 0.2) is 18.1 Å². The van der Waals surface area contributed by atoms with Crippen molar-refractivity contribution in [1.29, 1.82) is 0 Å². The third-order valence-corrected chi connectivity index (χ3v) is 5.02. The molecule has 0 atom stereocenters. The molecular formula is C25H23NO5. The lowest BCUT2D eigenvalue weighted by atomic mass is 10.00. The Kier molecular flexibility index (Phi) is 6.47. The van der Waals surface area contributed by atoms with Gasteiger partial charge in [-0.15, -0.1) is 0 Å². The van der Waals surface area contributed by atoms with Gasteiger partial charge in [0.2, 0.25) is 6.79 Å². The molecule has 6 nitrogen and oxygen atoms in total. The van der Waals surface area contributed by atoms with E-state index >= 15 is 0 Å². The molecule has 0 spiro atoms. The topological polar surface area (TPSA) is 73.9 Å². The van der Waals surface area contributed by atoms with Crippen molar-refractivity contribution in [3.63, 3.8) is 0 Å². The minimum absolute atomic E-state index is 0.202. The average molecular weight is 417 g/mol. The summed E-state index contributed by atoms with van der Waals surface area (Å²) in [5.41, 5.74) is 3.46. The number of carbonyl (C=O) groups excluding carboxylic acids is 2. The smallest absolute Gasteiger partial charge is 0.338 e. The number of hydrogen-bond donors (Lipinski definition) is 1. The molecule has 3 aromatic rings. The lowest BCUT2D eigenvalue weighted by Crippen LogP contribution is -2.28. The molecule has 3 aromatic carbocycles. The minimum Gasteiger partial charge on any atom is -0.454 e. The van der Waals surface area contributed by atoms with Crippen LogP contribution < -0.4 is 14.8 Å². The number of nitrogens with one attached hydrogen (secondary N) is 1. The second-order valence-corrected chi connectivity index (χ2v) is 7.18. The van der Waals surface area contributed by atoms with Crippen LogP contribution in [0.4, 0.5) is 0 Å². The standard InChI is InChI=1S/C25H23NO5/c27-24(26-15-19-11-13-22-23(14-19)31-17-30-22)16-29-25(28)21-9-5-4-8-20(21)12-10-18-6-2-1-3-7-18/h1-9,11,13-14H,10,12,15-17H2,(H,26,27). The molecule has 6 heteroatoms. The Morgan fingerprint density at radius 1 is 0.839 bits per heavy atom.